The van der Waals surface area contributed by atoms with Crippen LogP contribution in [0.1, 0.15) is 5.56 Å². The standard InChI is InChI=1S/C8H7FO/c9-7-3-1-2-6-4-5-10-8(6)7/h1-3H,4-5H2. The van der Waals surface area contributed by atoms with Crippen LogP contribution in [-0.2, 0) is 6.42 Å². The number of para-hydroxylation sites is 1. The molecule has 0 saturated heterocycles. The smallest absolute Gasteiger partial charge is 0.165 e. The third kappa shape index (κ3) is 0.685. The van der Waals surface area contributed by atoms with E-state index in [0.717, 1.165) is 12.0 Å². The van der Waals surface area contributed by atoms with Gasteiger partial charge < -0.3 is 4.74 Å². The topological polar surface area (TPSA) is 9.23 Å². The van der Waals surface area contributed by atoms with E-state index in [-0.39, 0.29) is 5.82 Å². The van der Waals surface area contributed by atoms with Gasteiger partial charge >= 0.3 is 0 Å². The summed E-state index contributed by atoms with van der Waals surface area (Å²) in [5.74, 6) is 0.206. The lowest BCUT2D eigenvalue weighted by Crippen LogP contribution is -1.87. The Morgan fingerprint density at radius 2 is 2.30 bits per heavy atom. The van der Waals surface area contributed by atoms with Crippen molar-refractivity contribution in [3.05, 3.63) is 29.6 Å². The summed E-state index contributed by atoms with van der Waals surface area (Å²) in [5.41, 5.74) is 0.986. The zero-order chi connectivity index (χ0) is 6.97. The number of hydrogen-bond acceptors (Lipinski definition) is 1. The molecule has 0 saturated carbocycles. The van der Waals surface area contributed by atoms with Gasteiger partial charge in [0.05, 0.1) is 6.61 Å². The first-order chi connectivity index (χ1) is 4.88. The Hall–Kier alpha value is -1.05. The number of benzene rings is 1. The van der Waals surface area contributed by atoms with Gasteiger partial charge in [-0.15, -0.1) is 0 Å². The fraction of sp³-hybridized carbons (Fsp3) is 0.250. The molecule has 2 rings (SSSR count). The summed E-state index contributed by atoms with van der Waals surface area (Å²) in [6, 6.07) is 5.03. The van der Waals surface area contributed by atoms with Gasteiger partial charge in [0.2, 0.25) is 0 Å². The second kappa shape index (κ2) is 1.97. The number of hydrogen-bond donors (Lipinski definition) is 0. The van der Waals surface area contributed by atoms with Crippen molar-refractivity contribution >= 4 is 0 Å². The molecule has 0 bridgehead atoms. The molecule has 1 aliphatic rings. The maximum Gasteiger partial charge on any atom is 0.165 e. The molecule has 0 aliphatic carbocycles. The molecule has 1 aliphatic heterocycles. The van der Waals surface area contributed by atoms with Crippen molar-refractivity contribution in [2.75, 3.05) is 6.61 Å². The van der Waals surface area contributed by atoms with Gasteiger partial charge in [-0.25, -0.2) is 4.39 Å². The lowest BCUT2D eigenvalue weighted by molar-refractivity contribution is 0.339. The molecule has 1 aromatic rings. The molecule has 10 heavy (non-hydrogen) atoms. The Bertz CT molecular complexity index is 257. The van der Waals surface area contributed by atoms with Crippen LogP contribution in [0.5, 0.6) is 5.75 Å². The highest BCUT2D eigenvalue weighted by atomic mass is 19.1. The van der Waals surface area contributed by atoms with E-state index in [1.54, 1.807) is 6.07 Å². The van der Waals surface area contributed by atoms with Gasteiger partial charge in [0.25, 0.3) is 0 Å². The predicted molar refractivity (Wildman–Crippen MR) is 35.6 cm³/mol. The van der Waals surface area contributed by atoms with Crippen LogP contribution in [0.4, 0.5) is 4.39 Å². The van der Waals surface area contributed by atoms with Crippen molar-refractivity contribution in [3.63, 3.8) is 0 Å². The van der Waals surface area contributed by atoms with E-state index in [4.69, 9.17) is 4.74 Å². The van der Waals surface area contributed by atoms with E-state index in [2.05, 4.69) is 0 Å². The molecule has 1 heterocycles. The first-order valence-corrected chi connectivity index (χ1v) is 3.28. The summed E-state index contributed by atoms with van der Waals surface area (Å²) < 4.78 is 17.8. The quantitative estimate of drug-likeness (QED) is 0.530. The highest BCUT2D eigenvalue weighted by molar-refractivity contribution is 5.37. The molecule has 0 aromatic heterocycles. The Kier molecular flexibility index (Phi) is 1.13. The van der Waals surface area contributed by atoms with E-state index in [0.29, 0.717) is 12.4 Å². The van der Waals surface area contributed by atoms with Gasteiger partial charge in [-0.3, -0.25) is 0 Å². The third-order valence-electron chi connectivity index (χ3n) is 1.67. The van der Waals surface area contributed by atoms with Crippen LogP contribution < -0.4 is 4.74 Å². The molecule has 0 N–H and O–H groups in total. The highest BCUT2D eigenvalue weighted by Gasteiger charge is 2.14. The number of rotatable bonds is 0. The van der Waals surface area contributed by atoms with E-state index in [1.807, 2.05) is 6.07 Å². The summed E-state index contributed by atoms with van der Waals surface area (Å²) in [6.07, 6.45) is 0.840. The average molecular weight is 138 g/mol. The fourth-order valence-electron chi connectivity index (χ4n) is 1.18. The highest BCUT2D eigenvalue weighted by Crippen LogP contribution is 2.27. The van der Waals surface area contributed by atoms with Crippen molar-refractivity contribution in [1.29, 1.82) is 0 Å². The van der Waals surface area contributed by atoms with Gasteiger partial charge in [0.15, 0.2) is 11.6 Å². The third-order valence-corrected chi connectivity index (χ3v) is 1.67. The molecule has 0 amide bonds. The summed E-state index contributed by atoms with van der Waals surface area (Å²) in [6.45, 7) is 0.621. The number of fused-ring (bicyclic) bond motifs is 1. The Balaban J connectivity index is 2.59. The molecular formula is C8H7FO. The molecule has 0 spiro atoms. The minimum absolute atomic E-state index is 0.241. The molecule has 1 nitrogen and oxygen atoms in total. The molecular weight excluding hydrogens is 131 g/mol. The molecule has 0 atom stereocenters. The summed E-state index contributed by atoms with van der Waals surface area (Å²) in [4.78, 5) is 0. The Morgan fingerprint density at radius 3 is 3.10 bits per heavy atom. The maximum atomic E-state index is 12.8. The maximum absolute atomic E-state index is 12.8. The Labute approximate surface area is 58.4 Å². The molecule has 0 fully saturated rings. The second-order valence-electron chi connectivity index (χ2n) is 2.33. The van der Waals surface area contributed by atoms with Crippen molar-refractivity contribution in [2.45, 2.75) is 6.42 Å². The number of halogens is 1. The molecule has 0 radical (unpaired) electrons. The normalized spacial score (nSPS) is 14.5. The molecule has 1 aromatic carbocycles. The first kappa shape index (κ1) is 5.71. The summed E-state index contributed by atoms with van der Waals surface area (Å²) in [5, 5.41) is 0. The van der Waals surface area contributed by atoms with Crippen LogP contribution >= 0.6 is 0 Å². The van der Waals surface area contributed by atoms with Crippen LogP contribution in [0.25, 0.3) is 0 Å². The molecule has 2 heteroatoms. The van der Waals surface area contributed by atoms with E-state index in [9.17, 15) is 4.39 Å². The van der Waals surface area contributed by atoms with Gasteiger partial charge in [-0.05, 0) is 6.07 Å². The second-order valence-corrected chi connectivity index (χ2v) is 2.33. The van der Waals surface area contributed by atoms with Crippen LogP contribution in [0.15, 0.2) is 18.2 Å². The van der Waals surface area contributed by atoms with Crippen LogP contribution in [0, 0.1) is 5.82 Å². The minimum atomic E-state index is -0.241. The van der Waals surface area contributed by atoms with Crippen LogP contribution in [0.3, 0.4) is 0 Å². The average Bonchev–Trinajstić information content (AvgIpc) is 2.36. The van der Waals surface area contributed by atoms with Crippen molar-refractivity contribution in [3.8, 4) is 5.75 Å². The van der Waals surface area contributed by atoms with Crippen molar-refractivity contribution in [2.24, 2.45) is 0 Å². The predicted octanol–water partition coefficient (Wildman–Crippen LogP) is 1.76. The molecule has 52 valence electrons. The molecule has 0 unspecified atom stereocenters. The first-order valence-electron chi connectivity index (χ1n) is 3.28. The van der Waals surface area contributed by atoms with Gasteiger partial charge in [0, 0.05) is 12.0 Å². The zero-order valence-corrected chi connectivity index (χ0v) is 5.43. The lowest BCUT2D eigenvalue weighted by Gasteiger charge is -1.97. The minimum Gasteiger partial charge on any atom is -0.490 e. The van der Waals surface area contributed by atoms with Crippen molar-refractivity contribution in [1.82, 2.24) is 0 Å². The fourth-order valence-corrected chi connectivity index (χ4v) is 1.18. The summed E-state index contributed by atoms with van der Waals surface area (Å²) >= 11 is 0. The van der Waals surface area contributed by atoms with Crippen molar-refractivity contribution < 1.29 is 9.13 Å². The van der Waals surface area contributed by atoms with E-state index < -0.39 is 0 Å². The number of ether oxygens (including phenoxy) is 1. The lowest BCUT2D eigenvalue weighted by atomic mass is 10.2. The van der Waals surface area contributed by atoms with E-state index in [1.165, 1.54) is 6.07 Å². The SMILES string of the molecule is Fc1cccc2c1OCC2. The van der Waals surface area contributed by atoms with Gasteiger partial charge in [-0.2, -0.15) is 0 Å². The largest absolute Gasteiger partial charge is 0.490 e. The summed E-state index contributed by atoms with van der Waals surface area (Å²) in [7, 11) is 0. The van der Waals surface area contributed by atoms with Crippen LogP contribution in [-0.4, -0.2) is 6.61 Å². The van der Waals surface area contributed by atoms with Crippen LogP contribution in [0.2, 0.25) is 0 Å². The van der Waals surface area contributed by atoms with E-state index >= 15 is 0 Å². The monoisotopic (exact) mass is 138 g/mol. The van der Waals surface area contributed by atoms with Gasteiger partial charge in [-0.1, -0.05) is 12.1 Å². The Morgan fingerprint density at radius 1 is 1.40 bits per heavy atom. The zero-order valence-electron chi connectivity index (χ0n) is 5.43. The van der Waals surface area contributed by atoms with Gasteiger partial charge in [0.1, 0.15) is 0 Å².